The first kappa shape index (κ1) is 23.9. The number of carbonyl (C=O) groups excluding carboxylic acids is 2. The normalized spacial score (nSPS) is 15.1. The van der Waals surface area contributed by atoms with Gasteiger partial charge in [0, 0.05) is 45.2 Å². The molecule has 3 rings (SSSR count). The van der Waals surface area contributed by atoms with Crippen LogP contribution in [-0.4, -0.2) is 56.6 Å². The van der Waals surface area contributed by atoms with Crippen molar-refractivity contribution in [1.82, 2.24) is 14.5 Å². The Morgan fingerprint density at radius 1 is 1.06 bits per heavy atom. The molecule has 32 heavy (non-hydrogen) atoms. The van der Waals surface area contributed by atoms with Crippen LogP contribution in [0, 0.1) is 19.8 Å². The number of piperidine rings is 1. The van der Waals surface area contributed by atoms with E-state index in [1.54, 1.807) is 17.9 Å². The summed E-state index contributed by atoms with van der Waals surface area (Å²) >= 11 is 0. The van der Waals surface area contributed by atoms with Gasteiger partial charge < -0.3 is 10.2 Å². The van der Waals surface area contributed by atoms with Crippen LogP contribution in [0.25, 0.3) is 0 Å². The Labute approximate surface area is 190 Å². The lowest BCUT2D eigenvalue weighted by atomic mass is 9.95. The molecule has 172 valence electrons. The van der Waals surface area contributed by atoms with E-state index < -0.39 is 10.0 Å². The molecule has 2 amide bonds. The Morgan fingerprint density at radius 3 is 2.28 bits per heavy atom. The minimum absolute atomic E-state index is 0.00601. The summed E-state index contributed by atoms with van der Waals surface area (Å²) in [5.41, 5.74) is 2.81. The highest BCUT2D eigenvalue weighted by Gasteiger charge is 2.29. The maximum Gasteiger partial charge on any atom is 0.253 e. The van der Waals surface area contributed by atoms with E-state index in [0.717, 1.165) is 15.4 Å². The SMILES string of the molecule is Cc1cc(C(=O)N2CCC(C(=O)NCc3ccccc3)CC2)cc(S(=O)(=O)N(C)C)c1C. The Hall–Kier alpha value is -2.71. The Bertz CT molecular complexity index is 1090. The summed E-state index contributed by atoms with van der Waals surface area (Å²) < 4.78 is 26.5. The lowest BCUT2D eigenvalue weighted by Crippen LogP contribution is -2.43. The summed E-state index contributed by atoms with van der Waals surface area (Å²) in [6.07, 6.45) is 1.17. The van der Waals surface area contributed by atoms with E-state index in [1.807, 2.05) is 37.3 Å². The Kier molecular flexibility index (Phi) is 7.36. The third-order valence-electron chi connectivity index (χ3n) is 6.09. The van der Waals surface area contributed by atoms with Crippen molar-refractivity contribution >= 4 is 21.8 Å². The predicted octanol–water partition coefficient (Wildman–Crippen LogP) is 2.72. The van der Waals surface area contributed by atoms with Gasteiger partial charge in [0.2, 0.25) is 15.9 Å². The summed E-state index contributed by atoms with van der Waals surface area (Å²) in [5.74, 6) is -0.329. The van der Waals surface area contributed by atoms with E-state index in [0.29, 0.717) is 43.6 Å². The molecule has 1 saturated heterocycles. The summed E-state index contributed by atoms with van der Waals surface area (Å²) in [7, 11) is -0.700. The monoisotopic (exact) mass is 457 g/mol. The van der Waals surface area contributed by atoms with Crippen LogP contribution in [0.15, 0.2) is 47.4 Å². The molecule has 0 unspecified atom stereocenters. The molecule has 1 heterocycles. The molecule has 2 aromatic rings. The van der Waals surface area contributed by atoms with Gasteiger partial charge in [-0.15, -0.1) is 0 Å². The van der Waals surface area contributed by atoms with Crippen molar-refractivity contribution in [3.8, 4) is 0 Å². The molecule has 0 bridgehead atoms. The third-order valence-corrected chi connectivity index (χ3v) is 8.03. The van der Waals surface area contributed by atoms with E-state index in [-0.39, 0.29) is 22.6 Å². The summed E-state index contributed by atoms with van der Waals surface area (Å²) in [6, 6.07) is 13.0. The highest BCUT2D eigenvalue weighted by Crippen LogP contribution is 2.26. The molecular weight excluding hydrogens is 426 g/mol. The van der Waals surface area contributed by atoms with Crippen LogP contribution in [0.3, 0.4) is 0 Å². The molecule has 0 aromatic heterocycles. The van der Waals surface area contributed by atoms with Crippen LogP contribution >= 0.6 is 0 Å². The zero-order valence-electron chi connectivity index (χ0n) is 19.1. The van der Waals surface area contributed by atoms with Crippen molar-refractivity contribution in [2.75, 3.05) is 27.2 Å². The number of sulfonamides is 1. The van der Waals surface area contributed by atoms with Gasteiger partial charge in [-0.25, -0.2) is 12.7 Å². The van der Waals surface area contributed by atoms with Crippen LogP contribution in [0.1, 0.15) is 39.9 Å². The van der Waals surface area contributed by atoms with Crippen LogP contribution in [-0.2, 0) is 21.4 Å². The molecule has 1 aliphatic heterocycles. The lowest BCUT2D eigenvalue weighted by molar-refractivity contribution is -0.126. The predicted molar refractivity (Wildman–Crippen MR) is 124 cm³/mol. The lowest BCUT2D eigenvalue weighted by Gasteiger charge is -2.31. The van der Waals surface area contributed by atoms with Gasteiger partial charge in [-0.05, 0) is 55.5 Å². The number of nitrogens with zero attached hydrogens (tertiary/aromatic N) is 2. The minimum atomic E-state index is -3.66. The average molecular weight is 458 g/mol. The standard InChI is InChI=1S/C24H31N3O4S/c1-17-14-21(15-22(18(17)2)32(30,31)26(3)4)24(29)27-12-10-20(11-13-27)23(28)25-16-19-8-6-5-7-9-19/h5-9,14-15,20H,10-13,16H2,1-4H3,(H,25,28). The van der Waals surface area contributed by atoms with Crippen molar-refractivity contribution in [2.24, 2.45) is 5.92 Å². The van der Waals surface area contributed by atoms with Crippen molar-refractivity contribution < 1.29 is 18.0 Å². The second-order valence-electron chi connectivity index (χ2n) is 8.47. The van der Waals surface area contributed by atoms with Crippen molar-refractivity contribution in [2.45, 2.75) is 38.1 Å². The number of carbonyl (C=O) groups is 2. The smallest absolute Gasteiger partial charge is 0.253 e. The molecule has 1 N–H and O–H groups in total. The van der Waals surface area contributed by atoms with Gasteiger partial charge in [0.15, 0.2) is 0 Å². The third kappa shape index (κ3) is 5.19. The average Bonchev–Trinajstić information content (AvgIpc) is 2.79. The summed E-state index contributed by atoms with van der Waals surface area (Å²) in [6.45, 7) is 4.98. The van der Waals surface area contributed by atoms with Gasteiger partial charge in [-0.3, -0.25) is 9.59 Å². The fraction of sp³-hybridized carbons (Fsp3) is 0.417. The number of amides is 2. The van der Waals surface area contributed by atoms with E-state index in [9.17, 15) is 18.0 Å². The van der Waals surface area contributed by atoms with Gasteiger partial charge in [0.25, 0.3) is 5.91 Å². The molecule has 0 saturated carbocycles. The molecule has 8 heteroatoms. The van der Waals surface area contributed by atoms with Gasteiger partial charge in [0.1, 0.15) is 0 Å². The molecule has 0 spiro atoms. The van der Waals surface area contributed by atoms with E-state index in [4.69, 9.17) is 0 Å². The highest BCUT2D eigenvalue weighted by atomic mass is 32.2. The number of aryl methyl sites for hydroxylation is 1. The molecule has 1 fully saturated rings. The second kappa shape index (κ2) is 9.83. The van der Waals surface area contributed by atoms with Crippen LogP contribution in [0.4, 0.5) is 0 Å². The maximum absolute atomic E-state index is 13.1. The quantitative estimate of drug-likeness (QED) is 0.723. The fourth-order valence-corrected chi connectivity index (χ4v) is 5.09. The zero-order valence-corrected chi connectivity index (χ0v) is 19.9. The van der Waals surface area contributed by atoms with Gasteiger partial charge >= 0.3 is 0 Å². The molecule has 1 aliphatic rings. The topological polar surface area (TPSA) is 86.8 Å². The largest absolute Gasteiger partial charge is 0.352 e. The first-order valence-electron chi connectivity index (χ1n) is 10.8. The number of rotatable bonds is 6. The second-order valence-corrected chi connectivity index (χ2v) is 10.6. The van der Waals surface area contributed by atoms with Crippen LogP contribution < -0.4 is 5.32 Å². The molecule has 0 aliphatic carbocycles. The van der Waals surface area contributed by atoms with Gasteiger partial charge in [0.05, 0.1) is 4.90 Å². The van der Waals surface area contributed by atoms with Gasteiger partial charge in [-0.2, -0.15) is 0 Å². The van der Waals surface area contributed by atoms with Crippen molar-refractivity contribution in [3.63, 3.8) is 0 Å². The Balaban J connectivity index is 1.65. The highest BCUT2D eigenvalue weighted by molar-refractivity contribution is 7.89. The van der Waals surface area contributed by atoms with Crippen LogP contribution in [0.2, 0.25) is 0 Å². The summed E-state index contributed by atoms with van der Waals surface area (Å²) in [5, 5.41) is 2.98. The number of likely N-dealkylation sites (tertiary alicyclic amines) is 1. The van der Waals surface area contributed by atoms with Crippen molar-refractivity contribution in [3.05, 3.63) is 64.7 Å². The molecule has 7 nitrogen and oxygen atoms in total. The Morgan fingerprint density at radius 2 is 1.69 bits per heavy atom. The van der Waals surface area contributed by atoms with E-state index >= 15 is 0 Å². The first-order valence-corrected chi connectivity index (χ1v) is 12.2. The van der Waals surface area contributed by atoms with Gasteiger partial charge in [-0.1, -0.05) is 30.3 Å². The number of benzene rings is 2. The molecular formula is C24H31N3O4S. The zero-order chi connectivity index (χ0) is 23.5. The van der Waals surface area contributed by atoms with E-state index in [1.165, 1.54) is 20.2 Å². The fourth-order valence-electron chi connectivity index (χ4n) is 3.87. The van der Waals surface area contributed by atoms with Crippen LogP contribution in [0.5, 0.6) is 0 Å². The van der Waals surface area contributed by atoms with E-state index in [2.05, 4.69) is 5.32 Å². The first-order chi connectivity index (χ1) is 15.1. The molecule has 2 aromatic carbocycles. The summed E-state index contributed by atoms with van der Waals surface area (Å²) in [4.78, 5) is 27.5. The number of hydrogen-bond acceptors (Lipinski definition) is 4. The number of hydrogen-bond donors (Lipinski definition) is 1. The molecule has 0 atom stereocenters. The molecule has 0 radical (unpaired) electrons. The minimum Gasteiger partial charge on any atom is -0.352 e. The number of nitrogens with one attached hydrogen (secondary N) is 1. The van der Waals surface area contributed by atoms with Crippen molar-refractivity contribution in [1.29, 1.82) is 0 Å². The maximum atomic E-state index is 13.1.